The van der Waals surface area contributed by atoms with Crippen LogP contribution in [0.4, 0.5) is 4.39 Å². The molecular weight excluding hydrogens is 286 g/mol. The fraction of sp³-hybridized carbons (Fsp3) is 0.200. The molecule has 1 N–H and O–H groups in total. The Kier molecular flexibility index (Phi) is 4.81. The third-order valence-electron chi connectivity index (χ3n) is 3.06. The zero-order valence-corrected chi connectivity index (χ0v) is 11.6. The molecule has 2 aromatic rings. The van der Waals surface area contributed by atoms with Crippen molar-refractivity contribution in [3.05, 3.63) is 69.5 Å². The molecule has 2 aromatic carbocycles. The molecule has 0 amide bonds. The molecule has 0 spiro atoms. The highest BCUT2D eigenvalue weighted by Gasteiger charge is 2.14. The maximum Gasteiger partial charge on any atom is 0.142 e. The highest BCUT2D eigenvalue weighted by atomic mass is 35.5. The monoisotopic (exact) mass is 298 g/mol. The molecule has 2 rings (SSSR count). The summed E-state index contributed by atoms with van der Waals surface area (Å²) >= 11 is 11.8. The maximum atomic E-state index is 13.4. The van der Waals surface area contributed by atoms with Gasteiger partial charge in [-0.2, -0.15) is 0 Å². The first-order valence-corrected chi connectivity index (χ1v) is 6.66. The summed E-state index contributed by atoms with van der Waals surface area (Å²) in [7, 11) is 0. The molecule has 100 valence electrons. The van der Waals surface area contributed by atoms with E-state index in [0.29, 0.717) is 17.0 Å². The summed E-state index contributed by atoms with van der Waals surface area (Å²) in [6, 6.07) is 12.0. The molecule has 1 atom stereocenters. The van der Waals surface area contributed by atoms with E-state index in [1.165, 1.54) is 6.07 Å². The summed E-state index contributed by atoms with van der Waals surface area (Å²) in [5.74, 6) is -0.566. The number of hydrogen-bond donors (Lipinski definition) is 1. The van der Waals surface area contributed by atoms with Gasteiger partial charge in [0.15, 0.2) is 0 Å². The van der Waals surface area contributed by atoms with Gasteiger partial charge in [-0.3, -0.25) is 0 Å². The van der Waals surface area contributed by atoms with Gasteiger partial charge in [0.05, 0.1) is 11.6 Å². The van der Waals surface area contributed by atoms with Crippen molar-refractivity contribution in [1.82, 2.24) is 0 Å². The van der Waals surface area contributed by atoms with Gasteiger partial charge in [0.1, 0.15) is 5.82 Å². The third-order valence-corrected chi connectivity index (χ3v) is 3.73. The topological polar surface area (TPSA) is 20.2 Å². The van der Waals surface area contributed by atoms with Crippen molar-refractivity contribution in [1.29, 1.82) is 0 Å². The summed E-state index contributed by atoms with van der Waals surface area (Å²) in [5.41, 5.74) is 1.64. The van der Waals surface area contributed by atoms with Crippen LogP contribution in [0.2, 0.25) is 10.0 Å². The van der Waals surface area contributed by atoms with E-state index < -0.39 is 5.82 Å². The van der Waals surface area contributed by atoms with Crippen molar-refractivity contribution in [3.8, 4) is 0 Å². The van der Waals surface area contributed by atoms with E-state index in [2.05, 4.69) is 0 Å². The van der Waals surface area contributed by atoms with Crippen molar-refractivity contribution in [2.45, 2.75) is 12.3 Å². The zero-order chi connectivity index (χ0) is 13.8. The van der Waals surface area contributed by atoms with E-state index in [1.54, 1.807) is 24.3 Å². The minimum Gasteiger partial charge on any atom is -0.396 e. The van der Waals surface area contributed by atoms with E-state index in [-0.39, 0.29) is 17.5 Å². The Morgan fingerprint density at radius 3 is 2.37 bits per heavy atom. The largest absolute Gasteiger partial charge is 0.396 e. The Morgan fingerprint density at radius 2 is 1.74 bits per heavy atom. The van der Waals surface area contributed by atoms with Crippen LogP contribution < -0.4 is 0 Å². The smallest absolute Gasteiger partial charge is 0.142 e. The molecule has 0 fully saturated rings. The lowest BCUT2D eigenvalue weighted by Gasteiger charge is -2.16. The lowest BCUT2D eigenvalue weighted by Crippen LogP contribution is -2.08. The number of aliphatic hydroxyl groups excluding tert-OH is 1. The van der Waals surface area contributed by atoms with Crippen LogP contribution in [0.1, 0.15) is 17.0 Å². The summed E-state index contributed by atoms with van der Waals surface area (Å²) in [4.78, 5) is 0. The second-order valence-corrected chi connectivity index (χ2v) is 5.16. The second-order valence-electron chi connectivity index (χ2n) is 4.35. The average Bonchev–Trinajstić information content (AvgIpc) is 2.42. The van der Waals surface area contributed by atoms with Crippen LogP contribution in [-0.4, -0.2) is 11.7 Å². The SMILES string of the molecule is OCC(Cc1cccc(F)c1Cl)c1ccc(Cl)cc1. The molecule has 0 aliphatic rings. The highest BCUT2D eigenvalue weighted by Crippen LogP contribution is 2.27. The molecule has 0 heterocycles. The molecule has 0 bridgehead atoms. The molecule has 1 nitrogen and oxygen atoms in total. The molecule has 4 heteroatoms. The van der Waals surface area contributed by atoms with Crippen LogP contribution >= 0.6 is 23.2 Å². The molecule has 1 unspecified atom stereocenters. The van der Waals surface area contributed by atoms with Gasteiger partial charge < -0.3 is 5.11 Å². The number of hydrogen-bond acceptors (Lipinski definition) is 1. The Morgan fingerprint density at radius 1 is 1.05 bits per heavy atom. The van der Waals surface area contributed by atoms with E-state index in [4.69, 9.17) is 23.2 Å². The Bertz CT molecular complexity index is 555. The van der Waals surface area contributed by atoms with Crippen LogP contribution in [0.15, 0.2) is 42.5 Å². The second kappa shape index (κ2) is 6.38. The average molecular weight is 299 g/mol. The quantitative estimate of drug-likeness (QED) is 0.884. The summed E-state index contributed by atoms with van der Waals surface area (Å²) < 4.78 is 13.4. The van der Waals surface area contributed by atoms with Crippen LogP contribution in [0.3, 0.4) is 0 Å². The molecule has 0 aliphatic carbocycles. The molecule has 0 aliphatic heterocycles. The molecule has 0 saturated heterocycles. The fourth-order valence-corrected chi connectivity index (χ4v) is 2.32. The first-order chi connectivity index (χ1) is 9.11. The Labute approximate surface area is 121 Å². The van der Waals surface area contributed by atoms with Gasteiger partial charge in [0, 0.05) is 10.9 Å². The van der Waals surface area contributed by atoms with Gasteiger partial charge in [-0.15, -0.1) is 0 Å². The van der Waals surface area contributed by atoms with E-state index in [0.717, 1.165) is 5.56 Å². The lowest BCUT2D eigenvalue weighted by molar-refractivity contribution is 0.264. The van der Waals surface area contributed by atoms with E-state index in [1.807, 2.05) is 12.1 Å². The number of halogens is 3. The van der Waals surface area contributed by atoms with Crippen LogP contribution in [-0.2, 0) is 6.42 Å². The summed E-state index contributed by atoms with van der Waals surface area (Å²) in [6.45, 7) is -0.0333. The van der Waals surface area contributed by atoms with Crippen LogP contribution in [0, 0.1) is 5.82 Å². The van der Waals surface area contributed by atoms with Crippen molar-refractivity contribution < 1.29 is 9.50 Å². The van der Waals surface area contributed by atoms with Crippen molar-refractivity contribution >= 4 is 23.2 Å². The highest BCUT2D eigenvalue weighted by molar-refractivity contribution is 6.31. The summed E-state index contributed by atoms with van der Waals surface area (Å²) in [5, 5.41) is 10.3. The standard InChI is InChI=1S/C15H13Cl2FO/c16-13-6-4-10(5-7-13)12(9-19)8-11-2-1-3-14(18)15(11)17/h1-7,12,19H,8-9H2. The van der Waals surface area contributed by atoms with Crippen LogP contribution in [0.25, 0.3) is 0 Å². The van der Waals surface area contributed by atoms with Crippen molar-refractivity contribution in [2.24, 2.45) is 0 Å². The maximum absolute atomic E-state index is 13.4. The Balaban J connectivity index is 2.24. The van der Waals surface area contributed by atoms with Crippen molar-refractivity contribution in [3.63, 3.8) is 0 Å². The fourth-order valence-electron chi connectivity index (χ4n) is 1.99. The van der Waals surface area contributed by atoms with Gasteiger partial charge >= 0.3 is 0 Å². The van der Waals surface area contributed by atoms with Crippen molar-refractivity contribution in [2.75, 3.05) is 6.61 Å². The molecule has 0 aromatic heterocycles. The number of benzene rings is 2. The molecule has 0 radical (unpaired) electrons. The van der Waals surface area contributed by atoms with E-state index >= 15 is 0 Å². The minimum atomic E-state index is -0.438. The predicted molar refractivity (Wildman–Crippen MR) is 76.4 cm³/mol. The Hall–Kier alpha value is -1.09. The van der Waals surface area contributed by atoms with Gasteiger partial charge in [0.25, 0.3) is 0 Å². The van der Waals surface area contributed by atoms with Gasteiger partial charge in [-0.25, -0.2) is 4.39 Å². The zero-order valence-electron chi connectivity index (χ0n) is 10.1. The third kappa shape index (κ3) is 3.47. The normalized spacial score (nSPS) is 12.4. The summed E-state index contributed by atoms with van der Waals surface area (Å²) in [6.07, 6.45) is 0.481. The van der Waals surface area contributed by atoms with Gasteiger partial charge in [-0.1, -0.05) is 47.5 Å². The predicted octanol–water partition coefficient (Wildman–Crippen LogP) is 4.45. The molecule has 0 saturated carbocycles. The number of aliphatic hydroxyl groups is 1. The van der Waals surface area contributed by atoms with E-state index in [9.17, 15) is 9.50 Å². The number of rotatable bonds is 4. The first kappa shape index (κ1) is 14.3. The lowest BCUT2D eigenvalue weighted by atomic mass is 9.92. The first-order valence-electron chi connectivity index (χ1n) is 5.91. The molecule has 19 heavy (non-hydrogen) atoms. The van der Waals surface area contributed by atoms with Crippen LogP contribution in [0.5, 0.6) is 0 Å². The van der Waals surface area contributed by atoms with Gasteiger partial charge in [-0.05, 0) is 35.7 Å². The minimum absolute atomic E-state index is 0.0333. The molecular formula is C15H13Cl2FO. The van der Waals surface area contributed by atoms with Gasteiger partial charge in [0.2, 0.25) is 0 Å².